The fourth-order valence-electron chi connectivity index (χ4n) is 14.2. The molecule has 0 aliphatic carbocycles. The quantitative estimate of drug-likeness (QED) is 0.0200. The van der Waals surface area contributed by atoms with Crippen LogP contribution in [0.25, 0.3) is 8.25 Å². The number of carbonyl (C=O) groups excluding carboxylic acids is 6. The summed E-state index contributed by atoms with van der Waals surface area (Å²) in [6.45, 7) is 2.53. The van der Waals surface area contributed by atoms with Gasteiger partial charge >= 0.3 is 40.9 Å². The number of nitrogens with zero attached hydrogens (tertiary/aromatic N) is 14. The van der Waals surface area contributed by atoms with Crippen molar-refractivity contribution in [3.8, 4) is 0 Å². The van der Waals surface area contributed by atoms with Crippen molar-refractivity contribution < 1.29 is 156 Å². The second kappa shape index (κ2) is 52.9. The molecule has 0 unspecified atom stereocenters. The number of alkyl halides is 12. The largest absolute Gasteiger partial charge is 1.00 e. The van der Waals surface area contributed by atoms with Gasteiger partial charge in [0.05, 0.1) is 39.3 Å². The zero-order valence-corrected chi connectivity index (χ0v) is 81.1. The van der Waals surface area contributed by atoms with Crippen molar-refractivity contribution >= 4 is 144 Å². The molecule has 146 heavy (non-hydrogen) atoms. The standard InChI is InChI=1S/2C48H45N6O3.2C2F6NO4S2.ClH.Li/c2*55-46(52(40-20-7-1-8-21-40)41-22-9-2-10-23-41)36-50(37-47(56)53(42-24-11-3-12-25-42)43-26-13-4-14-27-43)33-19-32-49-34-35-51(39-49)38-48(57)54(44-28-15-5-16-29-44)45-30-17-6-18-31-45;2*3-1(4,5)14(10,11)9-15(12,13)2(6,7)8;;/h2*1-18,20-31,34-35,39H,19,32-33,36-38H2;;;1H;/q2*+1;2*-1;;+1/p-1. The molecular formula is C100H90ClF12LiN14O14S4. The van der Waals surface area contributed by atoms with Crippen LogP contribution in [0.4, 0.5) is 121 Å². The number of amides is 6. The molecule has 6 amide bonds. The number of anilines is 12. The predicted molar refractivity (Wildman–Crippen MR) is 518 cm³/mol. The summed E-state index contributed by atoms with van der Waals surface area (Å²) in [5, 5.41) is 0. The Kier molecular flexibility index (Phi) is 41.7. The minimum absolute atomic E-state index is 0. The summed E-state index contributed by atoms with van der Waals surface area (Å²) < 4.78 is 226. The Bertz CT molecular complexity index is 6100. The van der Waals surface area contributed by atoms with Gasteiger partial charge in [-0.3, -0.25) is 68.0 Å². The number of imidazole rings is 2. The number of benzene rings is 12. The van der Waals surface area contributed by atoms with Crippen molar-refractivity contribution in [3.05, 3.63) is 410 Å². The molecule has 0 bridgehead atoms. The van der Waals surface area contributed by atoms with Gasteiger partial charge in [0.15, 0.2) is 53.2 Å². The number of hydrogen-bond acceptors (Lipinski definition) is 16. The van der Waals surface area contributed by atoms with Gasteiger partial charge in [0, 0.05) is 81.3 Å². The van der Waals surface area contributed by atoms with Crippen LogP contribution in [0.5, 0.6) is 0 Å². The summed E-state index contributed by atoms with van der Waals surface area (Å²) >= 11 is 0. The first-order chi connectivity index (χ1) is 68.5. The molecule has 0 saturated carbocycles. The Morgan fingerprint density at radius 2 is 0.390 bits per heavy atom. The maximum absolute atomic E-state index is 14.4. The average molecular weight is 2110 g/mol. The summed E-state index contributed by atoms with van der Waals surface area (Å²) in [5.41, 5.74) is -15.6. The van der Waals surface area contributed by atoms with E-state index in [0.29, 0.717) is 39.0 Å². The molecule has 0 N–H and O–H groups in total. The fraction of sp³-hybridized carbons (Fsp3) is 0.160. The molecule has 0 aliphatic rings. The number of rotatable bonds is 36. The maximum Gasteiger partial charge on any atom is 1.00 e. The van der Waals surface area contributed by atoms with Crippen molar-refractivity contribution in [2.24, 2.45) is 0 Å². The third-order valence-electron chi connectivity index (χ3n) is 20.6. The van der Waals surface area contributed by atoms with Gasteiger partial charge in [-0.15, -0.1) is 0 Å². The topological polar surface area (TPSA) is 311 Å². The molecule has 0 atom stereocenters. The number of halogens is 13. The number of hydrogen-bond donors (Lipinski definition) is 0. The molecule has 0 saturated heterocycles. The summed E-state index contributed by atoms with van der Waals surface area (Å²) in [6, 6.07) is 115. The second-order valence-corrected chi connectivity index (χ2v) is 37.9. The molecule has 12 aromatic carbocycles. The number of aryl methyl sites for hydroxylation is 2. The Hall–Kier alpha value is -14.4. The van der Waals surface area contributed by atoms with Gasteiger partial charge < -0.3 is 20.7 Å². The van der Waals surface area contributed by atoms with E-state index >= 15 is 0 Å². The Morgan fingerprint density at radius 1 is 0.247 bits per heavy atom. The van der Waals surface area contributed by atoms with Gasteiger partial charge in [-0.1, -0.05) is 218 Å². The van der Waals surface area contributed by atoms with Crippen molar-refractivity contribution in [1.82, 2.24) is 18.9 Å². The minimum atomic E-state index is -6.72. The van der Waals surface area contributed by atoms with Crippen LogP contribution in [0.15, 0.2) is 401 Å². The molecule has 0 spiro atoms. The van der Waals surface area contributed by atoms with E-state index < -0.39 is 62.1 Å². The van der Waals surface area contributed by atoms with Crippen LogP contribution in [0.1, 0.15) is 12.8 Å². The van der Waals surface area contributed by atoms with E-state index in [4.69, 9.17) is 0 Å². The van der Waals surface area contributed by atoms with Crippen LogP contribution in [-0.4, -0.2) is 149 Å². The second-order valence-electron chi connectivity index (χ2n) is 31.0. The third kappa shape index (κ3) is 32.8. The van der Waals surface area contributed by atoms with Crippen LogP contribution < -0.4 is 69.8 Å². The minimum Gasteiger partial charge on any atom is -1.00 e. The molecule has 2 aromatic heterocycles. The zero-order chi connectivity index (χ0) is 104. The van der Waals surface area contributed by atoms with E-state index in [1.54, 1.807) is 29.4 Å². The van der Waals surface area contributed by atoms with Gasteiger partial charge in [-0.05, 0) is 158 Å². The number of sulfonamides is 4. The number of para-hydroxylation sites is 12. The van der Waals surface area contributed by atoms with Crippen molar-refractivity contribution in [2.75, 3.05) is 68.7 Å². The van der Waals surface area contributed by atoms with Gasteiger partial charge in [0.1, 0.15) is 24.8 Å². The first-order valence-corrected chi connectivity index (χ1v) is 49.1. The zero-order valence-electron chi connectivity index (χ0n) is 77.1. The first kappa shape index (κ1) is 115. The third-order valence-corrected chi connectivity index (χ3v) is 26.1. The molecule has 28 nitrogen and oxygen atoms in total. The van der Waals surface area contributed by atoms with Crippen LogP contribution >= 0.6 is 0 Å². The molecule has 760 valence electrons. The van der Waals surface area contributed by atoms with E-state index in [2.05, 4.69) is 0 Å². The molecular weight excluding hydrogens is 2020 g/mol. The van der Waals surface area contributed by atoms with Crippen molar-refractivity contribution in [1.29, 1.82) is 0 Å². The Morgan fingerprint density at radius 3 is 0.534 bits per heavy atom. The van der Waals surface area contributed by atoms with E-state index in [-0.39, 0.29) is 106 Å². The van der Waals surface area contributed by atoms with Crippen molar-refractivity contribution in [3.63, 3.8) is 0 Å². The monoisotopic (exact) mass is 2110 g/mol. The smallest absolute Gasteiger partial charge is 1.00 e. The molecule has 2 heterocycles. The van der Waals surface area contributed by atoms with Crippen LogP contribution in [0, 0.1) is 0 Å². The van der Waals surface area contributed by atoms with Crippen LogP contribution in [0.3, 0.4) is 0 Å². The summed E-state index contributed by atoms with van der Waals surface area (Å²) in [7, 11) is -26.9. The van der Waals surface area contributed by atoms with Crippen molar-refractivity contribution in [2.45, 2.75) is 61.1 Å². The molecule has 0 fully saturated rings. The molecule has 14 rings (SSSR count). The Balaban J connectivity index is 0.000000251. The van der Waals surface area contributed by atoms with Crippen LogP contribution in [0.2, 0.25) is 0 Å². The first-order valence-electron chi connectivity index (χ1n) is 43.3. The molecule has 0 radical (unpaired) electrons. The normalized spacial score (nSPS) is 11.7. The number of aromatic nitrogens is 4. The Labute approximate surface area is 852 Å². The van der Waals surface area contributed by atoms with E-state index in [1.807, 2.05) is 429 Å². The number of carbonyl (C=O) groups is 6. The SMILES string of the molecule is O=C(CN(CCCn1cc[n+](CC(=O)N(c2ccccc2)c2ccccc2)c1)CC(=O)N(c1ccccc1)c1ccccc1)N(c1ccccc1)c1ccccc1.O=C(CN(CCCn1cc[n+](CC(=O)N(c2ccccc2)c2ccccc2)c1)CC(=O)N(c1ccccc1)c1ccccc1)N(c1ccccc1)c1ccccc1.O=S(=O)([N-]S(=O)(=O)C(F)(F)F)C(F)(F)F.O=S(=O)([N-]S(=O)(=O)C(F)(F)F)C(F)(F)F.[Cl-].[Li+]. The van der Waals surface area contributed by atoms with E-state index in [9.17, 15) is 115 Å². The summed E-state index contributed by atoms with van der Waals surface area (Å²) in [6.07, 6.45) is 12.8. The average Bonchev–Trinajstić information content (AvgIpc) is 0.876. The van der Waals surface area contributed by atoms with Gasteiger partial charge in [0.25, 0.3) is 11.8 Å². The van der Waals surface area contributed by atoms with Gasteiger partial charge in [-0.25, -0.2) is 51.9 Å². The molecule has 46 heteroatoms. The summed E-state index contributed by atoms with van der Waals surface area (Å²) in [4.78, 5) is 99.2. The predicted octanol–water partition coefficient (Wildman–Crippen LogP) is 13.3. The van der Waals surface area contributed by atoms with E-state index in [0.717, 1.165) is 76.5 Å². The van der Waals surface area contributed by atoms with Gasteiger partial charge in [0.2, 0.25) is 36.3 Å². The molecule has 14 aromatic rings. The van der Waals surface area contributed by atoms with Crippen LogP contribution in [-0.2, 0) is 95.0 Å². The fourth-order valence-corrected chi connectivity index (χ4v) is 17.6. The van der Waals surface area contributed by atoms with E-state index in [1.165, 1.54) is 0 Å². The maximum atomic E-state index is 14.4. The summed E-state index contributed by atoms with van der Waals surface area (Å²) in [5.74, 6) is -0.730. The van der Waals surface area contributed by atoms with Gasteiger partial charge in [-0.2, -0.15) is 52.7 Å². The molecule has 0 aliphatic heterocycles.